The highest BCUT2D eigenvalue weighted by molar-refractivity contribution is 5.84. The molecule has 3 heteroatoms. The quantitative estimate of drug-likeness (QED) is 0.728. The summed E-state index contributed by atoms with van der Waals surface area (Å²) in [7, 11) is 1.68. The molecule has 0 aromatic heterocycles. The van der Waals surface area contributed by atoms with Gasteiger partial charge in [-0.25, -0.2) is 0 Å². The number of fused-ring (bicyclic) bond motifs is 1. The molecule has 1 aromatic carbocycles. The summed E-state index contributed by atoms with van der Waals surface area (Å²) in [5.41, 5.74) is 2.41. The average molecular weight is 204 g/mol. The number of carbonyl (C=O) groups excluding carboxylic acids is 1. The molecule has 0 bridgehead atoms. The first-order valence-electron chi connectivity index (χ1n) is 5.37. The molecule has 1 atom stereocenters. The molecule has 1 aliphatic heterocycles. The fourth-order valence-corrected chi connectivity index (χ4v) is 2.01. The number of para-hydroxylation sites is 1. The Morgan fingerprint density at radius 2 is 2.27 bits per heavy atom. The standard InChI is InChI=1S/C12H16N2O/c1-13-12(15)11-8-4-6-9-5-2-3-7-10(9)14-11/h2-3,5,7,11,14H,4,6,8H2,1H3,(H,13,15). The van der Waals surface area contributed by atoms with Crippen molar-refractivity contribution in [3.63, 3.8) is 0 Å². The van der Waals surface area contributed by atoms with Gasteiger partial charge in [-0.1, -0.05) is 18.2 Å². The van der Waals surface area contributed by atoms with Crippen LogP contribution in [0.1, 0.15) is 18.4 Å². The number of anilines is 1. The summed E-state index contributed by atoms with van der Waals surface area (Å²) >= 11 is 0. The average Bonchev–Trinajstić information content (AvgIpc) is 2.49. The Labute approximate surface area is 89.9 Å². The predicted octanol–water partition coefficient (Wildman–Crippen LogP) is 1.55. The molecule has 1 unspecified atom stereocenters. The number of aryl methyl sites for hydroxylation is 1. The minimum Gasteiger partial charge on any atom is -0.373 e. The Hall–Kier alpha value is -1.51. The van der Waals surface area contributed by atoms with Gasteiger partial charge < -0.3 is 10.6 Å². The van der Waals surface area contributed by atoms with Crippen molar-refractivity contribution in [2.75, 3.05) is 12.4 Å². The first kappa shape index (κ1) is 10.0. The molecule has 2 N–H and O–H groups in total. The lowest BCUT2D eigenvalue weighted by Crippen LogP contribution is -2.37. The van der Waals surface area contributed by atoms with E-state index in [0.717, 1.165) is 24.9 Å². The Balaban J connectivity index is 2.21. The number of benzene rings is 1. The lowest BCUT2D eigenvalue weighted by Gasteiger charge is -2.16. The van der Waals surface area contributed by atoms with Crippen LogP contribution in [0.3, 0.4) is 0 Å². The van der Waals surface area contributed by atoms with Crippen LogP contribution in [0.2, 0.25) is 0 Å². The van der Waals surface area contributed by atoms with Crippen molar-refractivity contribution in [2.45, 2.75) is 25.3 Å². The minimum atomic E-state index is -0.0846. The van der Waals surface area contributed by atoms with Crippen LogP contribution < -0.4 is 10.6 Å². The number of rotatable bonds is 1. The van der Waals surface area contributed by atoms with Crippen molar-refractivity contribution >= 4 is 11.6 Å². The van der Waals surface area contributed by atoms with Crippen LogP contribution in [-0.4, -0.2) is 19.0 Å². The van der Waals surface area contributed by atoms with Crippen LogP contribution in [0.25, 0.3) is 0 Å². The molecule has 80 valence electrons. The summed E-state index contributed by atoms with van der Waals surface area (Å²) in [6.45, 7) is 0. The molecule has 0 aliphatic carbocycles. The lowest BCUT2D eigenvalue weighted by molar-refractivity contribution is -0.121. The van der Waals surface area contributed by atoms with Crippen LogP contribution in [0, 0.1) is 0 Å². The highest BCUT2D eigenvalue weighted by atomic mass is 16.2. The molecule has 1 amide bonds. The Morgan fingerprint density at radius 1 is 1.47 bits per heavy atom. The SMILES string of the molecule is CNC(=O)C1CCCc2ccccc2N1. The third-order valence-corrected chi connectivity index (χ3v) is 2.85. The summed E-state index contributed by atoms with van der Waals surface area (Å²) in [6.07, 6.45) is 3.01. The van der Waals surface area contributed by atoms with E-state index in [9.17, 15) is 4.79 Å². The van der Waals surface area contributed by atoms with Crippen LogP contribution in [0.4, 0.5) is 5.69 Å². The van der Waals surface area contributed by atoms with Gasteiger partial charge in [0.05, 0.1) is 0 Å². The highest BCUT2D eigenvalue weighted by Crippen LogP contribution is 2.23. The zero-order valence-corrected chi connectivity index (χ0v) is 8.92. The zero-order valence-electron chi connectivity index (χ0n) is 8.92. The molecule has 1 heterocycles. The molecule has 2 rings (SSSR count). The number of nitrogens with one attached hydrogen (secondary N) is 2. The number of amides is 1. The van der Waals surface area contributed by atoms with Gasteiger partial charge in [0.2, 0.25) is 5.91 Å². The summed E-state index contributed by atoms with van der Waals surface area (Å²) < 4.78 is 0. The lowest BCUT2D eigenvalue weighted by atomic mass is 10.1. The van der Waals surface area contributed by atoms with E-state index in [-0.39, 0.29) is 11.9 Å². The van der Waals surface area contributed by atoms with Crippen molar-refractivity contribution in [1.82, 2.24) is 5.32 Å². The first-order chi connectivity index (χ1) is 7.31. The van der Waals surface area contributed by atoms with Crippen molar-refractivity contribution in [3.05, 3.63) is 29.8 Å². The van der Waals surface area contributed by atoms with E-state index in [0.29, 0.717) is 0 Å². The minimum absolute atomic E-state index is 0.0757. The fourth-order valence-electron chi connectivity index (χ4n) is 2.01. The number of carbonyl (C=O) groups is 1. The van der Waals surface area contributed by atoms with E-state index < -0.39 is 0 Å². The Morgan fingerprint density at radius 3 is 3.07 bits per heavy atom. The van der Waals surface area contributed by atoms with Gasteiger partial charge in [0.25, 0.3) is 0 Å². The second kappa shape index (κ2) is 4.34. The summed E-state index contributed by atoms with van der Waals surface area (Å²) in [5.74, 6) is 0.0757. The molecule has 0 radical (unpaired) electrons. The summed E-state index contributed by atoms with van der Waals surface area (Å²) in [4.78, 5) is 11.6. The van der Waals surface area contributed by atoms with Crippen molar-refractivity contribution in [3.8, 4) is 0 Å². The molecular formula is C12H16N2O. The zero-order chi connectivity index (χ0) is 10.7. The van der Waals surface area contributed by atoms with Crippen molar-refractivity contribution < 1.29 is 4.79 Å². The third-order valence-electron chi connectivity index (χ3n) is 2.85. The highest BCUT2D eigenvalue weighted by Gasteiger charge is 2.20. The van der Waals surface area contributed by atoms with Gasteiger partial charge in [-0.15, -0.1) is 0 Å². The maximum absolute atomic E-state index is 11.6. The van der Waals surface area contributed by atoms with Gasteiger partial charge >= 0.3 is 0 Å². The van der Waals surface area contributed by atoms with Gasteiger partial charge in [-0.3, -0.25) is 4.79 Å². The van der Waals surface area contributed by atoms with E-state index in [1.54, 1.807) is 7.05 Å². The van der Waals surface area contributed by atoms with Gasteiger partial charge in [0.15, 0.2) is 0 Å². The van der Waals surface area contributed by atoms with E-state index in [1.165, 1.54) is 5.56 Å². The number of hydrogen-bond donors (Lipinski definition) is 2. The molecule has 0 fully saturated rings. The molecule has 15 heavy (non-hydrogen) atoms. The van der Waals surface area contributed by atoms with E-state index in [1.807, 2.05) is 18.2 Å². The molecule has 3 nitrogen and oxygen atoms in total. The van der Waals surface area contributed by atoms with Crippen LogP contribution in [0.5, 0.6) is 0 Å². The fraction of sp³-hybridized carbons (Fsp3) is 0.417. The third kappa shape index (κ3) is 2.12. The Bertz CT molecular complexity index is 362. The molecule has 1 aliphatic rings. The van der Waals surface area contributed by atoms with E-state index >= 15 is 0 Å². The van der Waals surface area contributed by atoms with Crippen LogP contribution in [-0.2, 0) is 11.2 Å². The van der Waals surface area contributed by atoms with Crippen molar-refractivity contribution in [2.24, 2.45) is 0 Å². The Kier molecular flexibility index (Phi) is 2.90. The van der Waals surface area contributed by atoms with Crippen LogP contribution >= 0.6 is 0 Å². The number of likely N-dealkylation sites (N-methyl/N-ethyl adjacent to an activating group) is 1. The van der Waals surface area contributed by atoms with Gasteiger partial charge in [-0.2, -0.15) is 0 Å². The summed E-state index contributed by atoms with van der Waals surface area (Å²) in [5, 5.41) is 5.99. The molecule has 0 spiro atoms. The molecule has 1 aromatic rings. The summed E-state index contributed by atoms with van der Waals surface area (Å²) in [6, 6.07) is 8.11. The molecular weight excluding hydrogens is 188 g/mol. The molecule has 0 saturated heterocycles. The smallest absolute Gasteiger partial charge is 0.242 e. The van der Waals surface area contributed by atoms with Crippen LogP contribution in [0.15, 0.2) is 24.3 Å². The van der Waals surface area contributed by atoms with Crippen molar-refractivity contribution in [1.29, 1.82) is 0 Å². The monoisotopic (exact) mass is 204 g/mol. The second-order valence-electron chi connectivity index (χ2n) is 3.86. The van der Waals surface area contributed by atoms with E-state index in [2.05, 4.69) is 16.7 Å². The largest absolute Gasteiger partial charge is 0.373 e. The maximum atomic E-state index is 11.6. The van der Waals surface area contributed by atoms with Gasteiger partial charge in [0, 0.05) is 12.7 Å². The number of hydrogen-bond acceptors (Lipinski definition) is 2. The molecule has 0 saturated carbocycles. The van der Waals surface area contributed by atoms with Gasteiger partial charge in [0.1, 0.15) is 6.04 Å². The first-order valence-corrected chi connectivity index (χ1v) is 5.37. The second-order valence-corrected chi connectivity index (χ2v) is 3.86. The topological polar surface area (TPSA) is 41.1 Å². The predicted molar refractivity (Wildman–Crippen MR) is 60.9 cm³/mol. The van der Waals surface area contributed by atoms with E-state index in [4.69, 9.17) is 0 Å². The normalized spacial score (nSPS) is 19.7. The van der Waals surface area contributed by atoms with Gasteiger partial charge in [-0.05, 0) is 30.9 Å². The maximum Gasteiger partial charge on any atom is 0.242 e.